The molecule has 0 radical (unpaired) electrons. The maximum Gasteiger partial charge on any atom is 0.247 e. The highest BCUT2D eigenvalue weighted by atomic mass is 16.5. The molecule has 0 fully saturated rings. The van der Waals surface area contributed by atoms with E-state index in [-0.39, 0.29) is 18.4 Å². The highest BCUT2D eigenvalue weighted by Crippen LogP contribution is 2.24. The Hall–Kier alpha value is -5.63. The van der Waals surface area contributed by atoms with Gasteiger partial charge in [0.2, 0.25) is 17.7 Å². The Morgan fingerprint density at radius 3 is 2.26 bits per heavy atom. The number of hydrogen-bond acceptors (Lipinski definition) is 6. The van der Waals surface area contributed by atoms with Crippen LogP contribution in [0, 0.1) is 0 Å². The minimum atomic E-state index is -0.730. The van der Waals surface area contributed by atoms with E-state index in [9.17, 15) is 9.59 Å². The quantitative estimate of drug-likeness (QED) is 0.187. The largest absolute Gasteiger partial charge is 0.480 e. The Balaban J connectivity index is 1.34. The van der Waals surface area contributed by atoms with E-state index >= 15 is 0 Å². The van der Waals surface area contributed by atoms with E-state index in [1.165, 1.54) is 18.7 Å². The number of carbonyl (C=O) groups is 2. The van der Waals surface area contributed by atoms with Crippen LogP contribution in [0.4, 0.5) is 0 Å². The third-order valence-electron chi connectivity index (χ3n) is 8.25. The zero-order chi connectivity index (χ0) is 31.7. The van der Waals surface area contributed by atoms with Crippen molar-refractivity contribution < 1.29 is 14.3 Å². The number of rotatable bonds is 10. The van der Waals surface area contributed by atoms with Gasteiger partial charge in [0.15, 0.2) is 0 Å². The maximum absolute atomic E-state index is 14.5. The highest BCUT2D eigenvalue weighted by Gasteiger charge is 2.34. The predicted octanol–water partition coefficient (Wildman–Crippen LogP) is 5.79. The summed E-state index contributed by atoms with van der Waals surface area (Å²) in [6.07, 6.45) is 7.79. The number of ether oxygens (including phenoxy) is 1. The minimum absolute atomic E-state index is 0.0715. The average Bonchev–Trinajstić information content (AvgIpc) is 3.13. The summed E-state index contributed by atoms with van der Waals surface area (Å²) < 4.78 is 5.11. The monoisotopic (exact) mass is 609 g/mol. The van der Waals surface area contributed by atoms with Gasteiger partial charge in [-0.3, -0.25) is 14.6 Å². The molecule has 0 N–H and O–H groups in total. The van der Waals surface area contributed by atoms with Crippen LogP contribution in [-0.2, 0) is 35.5 Å². The number of nitrogens with zero attached hydrogens (tertiary/aromatic N) is 5. The van der Waals surface area contributed by atoms with Crippen molar-refractivity contribution in [3.63, 3.8) is 0 Å². The van der Waals surface area contributed by atoms with Gasteiger partial charge < -0.3 is 14.5 Å². The molecule has 0 aliphatic carbocycles. The van der Waals surface area contributed by atoms with Gasteiger partial charge in [-0.05, 0) is 64.1 Å². The van der Waals surface area contributed by atoms with Crippen LogP contribution in [0.1, 0.15) is 27.9 Å². The van der Waals surface area contributed by atoms with Crippen LogP contribution < -0.4 is 4.74 Å². The Labute approximate surface area is 269 Å². The average molecular weight is 610 g/mol. The van der Waals surface area contributed by atoms with Gasteiger partial charge in [0.05, 0.1) is 12.8 Å². The summed E-state index contributed by atoms with van der Waals surface area (Å²) in [7, 11) is 1.52. The number of aromatic nitrogens is 3. The molecule has 1 atom stereocenters. The maximum atomic E-state index is 14.5. The Morgan fingerprint density at radius 2 is 1.54 bits per heavy atom. The van der Waals surface area contributed by atoms with Crippen molar-refractivity contribution >= 4 is 17.9 Å². The van der Waals surface area contributed by atoms with E-state index in [4.69, 9.17) is 4.74 Å². The summed E-state index contributed by atoms with van der Waals surface area (Å²) in [5.74, 6) is 0.0252. The van der Waals surface area contributed by atoms with Crippen molar-refractivity contribution in [3.8, 4) is 17.0 Å². The number of hydrogen-bond donors (Lipinski definition) is 0. The topological polar surface area (TPSA) is 88.5 Å². The smallest absolute Gasteiger partial charge is 0.247 e. The van der Waals surface area contributed by atoms with Crippen LogP contribution in [0.15, 0.2) is 122 Å². The summed E-state index contributed by atoms with van der Waals surface area (Å²) in [5.41, 5.74) is 6.91. The van der Waals surface area contributed by atoms with Crippen LogP contribution in [0.2, 0.25) is 0 Å². The highest BCUT2D eigenvalue weighted by molar-refractivity contribution is 5.95. The van der Waals surface area contributed by atoms with Crippen molar-refractivity contribution in [3.05, 3.63) is 150 Å². The van der Waals surface area contributed by atoms with Gasteiger partial charge in [-0.1, -0.05) is 78.9 Å². The second kappa shape index (κ2) is 14.4. The molecule has 46 heavy (non-hydrogen) atoms. The number of amides is 2. The van der Waals surface area contributed by atoms with Crippen LogP contribution in [0.25, 0.3) is 17.2 Å². The zero-order valence-electron chi connectivity index (χ0n) is 25.7. The molecule has 1 unspecified atom stereocenters. The second-order valence-electron chi connectivity index (χ2n) is 11.2. The van der Waals surface area contributed by atoms with Crippen molar-refractivity contribution in [2.45, 2.75) is 32.0 Å². The standard InChI is InChI=1S/C38H35N5O3/c1-46-36-17-15-34(40-41-36)16-18-37(44)43(26-29-11-13-31(14-12-29)32-19-22-39-23-20-32)35(25-28-7-3-2-4-8-28)38(45)42-24-21-30-9-5-6-10-33(30)27-42/h2-20,22-23,35H,21,24-27H2,1H3. The summed E-state index contributed by atoms with van der Waals surface area (Å²) in [6.45, 7) is 1.36. The molecule has 8 heteroatoms. The molecule has 0 spiro atoms. The molecule has 230 valence electrons. The zero-order valence-corrected chi connectivity index (χ0v) is 25.7. The lowest BCUT2D eigenvalue weighted by molar-refractivity contribution is -0.144. The molecule has 8 nitrogen and oxygen atoms in total. The summed E-state index contributed by atoms with van der Waals surface area (Å²) in [5, 5.41) is 8.14. The molecule has 0 saturated carbocycles. The molecular formula is C38H35N5O3. The number of benzene rings is 3. The second-order valence-corrected chi connectivity index (χ2v) is 11.2. The van der Waals surface area contributed by atoms with Gasteiger partial charge in [0.25, 0.3) is 0 Å². The number of carbonyl (C=O) groups excluding carboxylic acids is 2. The summed E-state index contributed by atoms with van der Waals surface area (Å²) in [4.78, 5) is 36.3. The molecule has 1 aliphatic rings. The normalized spacial score (nSPS) is 13.2. The summed E-state index contributed by atoms with van der Waals surface area (Å²) >= 11 is 0. The number of methoxy groups -OCH3 is 1. The molecule has 3 heterocycles. The molecular weight excluding hydrogens is 574 g/mol. The van der Waals surface area contributed by atoms with Gasteiger partial charge >= 0.3 is 0 Å². The fraction of sp³-hybridized carbons (Fsp3) is 0.184. The fourth-order valence-corrected chi connectivity index (χ4v) is 5.73. The third-order valence-corrected chi connectivity index (χ3v) is 8.25. The molecule has 6 rings (SSSR count). The fourth-order valence-electron chi connectivity index (χ4n) is 5.73. The molecule has 5 aromatic rings. The van der Waals surface area contributed by atoms with Crippen molar-refractivity contribution in [2.75, 3.05) is 13.7 Å². The third kappa shape index (κ3) is 7.35. The van der Waals surface area contributed by atoms with Gasteiger partial charge in [0, 0.05) is 50.6 Å². The first-order chi connectivity index (χ1) is 22.6. The molecule has 1 aliphatic heterocycles. The van der Waals surface area contributed by atoms with Crippen LogP contribution >= 0.6 is 0 Å². The van der Waals surface area contributed by atoms with Crippen LogP contribution in [0.3, 0.4) is 0 Å². The lowest BCUT2D eigenvalue weighted by Crippen LogP contribution is -2.52. The number of fused-ring (bicyclic) bond motifs is 1. The number of pyridine rings is 1. The first-order valence-electron chi connectivity index (χ1n) is 15.3. The minimum Gasteiger partial charge on any atom is -0.480 e. The molecule has 2 amide bonds. The Morgan fingerprint density at radius 1 is 0.826 bits per heavy atom. The Kier molecular flexibility index (Phi) is 9.54. The molecule has 0 bridgehead atoms. The molecule has 3 aromatic carbocycles. The van der Waals surface area contributed by atoms with Crippen molar-refractivity contribution in [1.82, 2.24) is 25.0 Å². The van der Waals surface area contributed by atoms with E-state index in [0.717, 1.165) is 34.2 Å². The SMILES string of the molecule is COc1ccc(C=CC(=O)N(Cc2ccc(-c3ccncc3)cc2)C(Cc2ccccc2)C(=O)N2CCc3ccccc3C2)nn1. The van der Waals surface area contributed by atoms with Gasteiger partial charge in [0.1, 0.15) is 6.04 Å². The van der Waals surface area contributed by atoms with Crippen LogP contribution in [0.5, 0.6) is 5.88 Å². The van der Waals surface area contributed by atoms with Crippen LogP contribution in [-0.4, -0.2) is 56.5 Å². The van der Waals surface area contributed by atoms with E-state index in [1.54, 1.807) is 35.5 Å². The van der Waals surface area contributed by atoms with E-state index in [0.29, 0.717) is 31.1 Å². The lowest BCUT2D eigenvalue weighted by Gasteiger charge is -2.37. The molecule has 0 saturated heterocycles. The Bertz CT molecular complexity index is 1790. The first-order valence-corrected chi connectivity index (χ1v) is 15.3. The van der Waals surface area contributed by atoms with E-state index in [2.05, 4.69) is 27.3 Å². The predicted molar refractivity (Wildman–Crippen MR) is 177 cm³/mol. The lowest BCUT2D eigenvalue weighted by atomic mass is 9.97. The first kappa shape index (κ1) is 30.4. The van der Waals surface area contributed by atoms with Gasteiger partial charge in [-0.15, -0.1) is 10.2 Å². The van der Waals surface area contributed by atoms with Gasteiger partial charge in [-0.25, -0.2) is 0 Å². The van der Waals surface area contributed by atoms with Gasteiger partial charge in [-0.2, -0.15) is 0 Å². The summed E-state index contributed by atoms with van der Waals surface area (Å²) in [6, 6.07) is 32.8. The molecule has 2 aromatic heterocycles. The van der Waals surface area contributed by atoms with E-state index < -0.39 is 6.04 Å². The van der Waals surface area contributed by atoms with Crippen molar-refractivity contribution in [2.24, 2.45) is 0 Å². The van der Waals surface area contributed by atoms with E-state index in [1.807, 2.05) is 83.8 Å². The van der Waals surface area contributed by atoms with Crippen molar-refractivity contribution in [1.29, 1.82) is 0 Å².